The first kappa shape index (κ1) is 19.1. The molecule has 1 heterocycles. The third-order valence-electron chi connectivity index (χ3n) is 2.59. The highest BCUT2D eigenvalue weighted by Gasteiger charge is 2.33. The average molecular weight is 423 g/mol. The molecule has 3 nitrogen and oxygen atoms in total. The summed E-state index contributed by atoms with van der Waals surface area (Å²) in [5.41, 5.74) is -1.68. The number of nitrogens with zero attached hydrogens (tertiary/aromatic N) is 3. The smallest absolute Gasteiger partial charge is 0.235 e. The summed E-state index contributed by atoms with van der Waals surface area (Å²) in [5.74, 6) is 0. The molecule has 128 valence electrons. The summed E-state index contributed by atoms with van der Waals surface area (Å²) >= 11 is 16.2. The van der Waals surface area contributed by atoms with Crippen molar-refractivity contribution in [1.29, 1.82) is 5.26 Å². The van der Waals surface area contributed by atoms with E-state index in [4.69, 9.17) is 40.1 Å². The number of rotatable bonds is 3. The van der Waals surface area contributed by atoms with Gasteiger partial charge in [0.25, 0.3) is 0 Å². The first-order valence-electron chi connectivity index (χ1n) is 5.74. The molecular weight excluding hydrogens is 420 g/mol. The Balaban J connectivity index is 2.56. The minimum absolute atomic E-state index is 0.153. The van der Waals surface area contributed by atoms with Gasteiger partial charge < -0.3 is 0 Å². The van der Waals surface area contributed by atoms with E-state index in [1.54, 1.807) is 6.07 Å². The second-order valence-corrected chi connectivity index (χ2v) is 6.90. The number of halogens is 8. The topological polar surface area (TPSA) is 41.6 Å². The second-order valence-electron chi connectivity index (χ2n) is 4.23. The van der Waals surface area contributed by atoms with Crippen LogP contribution in [0.5, 0.6) is 0 Å². The summed E-state index contributed by atoms with van der Waals surface area (Å²) in [7, 11) is 0. The molecule has 0 radical (unpaired) electrons. The van der Waals surface area contributed by atoms with Crippen molar-refractivity contribution < 1.29 is 22.0 Å². The van der Waals surface area contributed by atoms with Crippen molar-refractivity contribution in [3.8, 4) is 11.8 Å². The van der Waals surface area contributed by atoms with Crippen LogP contribution in [-0.2, 0) is 6.18 Å². The molecule has 0 atom stereocenters. The molecule has 0 aliphatic carbocycles. The maximum absolute atomic E-state index is 12.9. The van der Waals surface area contributed by atoms with E-state index in [0.29, 0.717) is 12.1 Å². The number of aromatic nitrogens is 2. The fraction of sp³-hybridized carbons (Fsp3) is 0.167. The normalized spacial score (nSPS) is 12.3. The van der Waals surface area contributed by atoms with Crippen LogP contribution in [0.2, 0.25) is 10.0 Å². The highest BCUT2D eigenvalue weighted by Crippen LogP contribution is 2.42. The molecule has 0 N–H and O–H groups in total. The van der Waals surface area contributed by atoms with Crippen LogP contribution < -0.4 is 0 Å². The number of benzene rings is 1. The first-order valence-corrected chi connectivity index (χ1v) is 7.69. The number of nitriles is 1. The Labute approximate surface area is 150 Å². The van der Waals surface area contributed by atoms with E-state index in [1.165, 1.54) is 0 Å². The van der Waals surface area contributed by atoms with Gasteiger partial charge in [-0.15, -0.1) is 0 Å². The summed E-state index contributed by atoms with van der Waals surface area (Å²) < 4.78 is 61.0. The minimum Gasteiger partial charge on any atom is -0.235 e. The Bertz CT molecular complexity index is 800. The van der Waals surface area contributed by atoms with Gasteiger partial charge in [-0.25, -0.2) is 4.68 Å². The summed E-state index contributed by atoms with van der Waals surface area (Å²) in [4.78, 5) is -0.287. The van der Waals surface area contributed by atoms with Gasteiger partial charge in [-0.1, -0.05) is 23.2 Å². The zero-order valence-electron chi connectivity index (χ0n) is 11.0. The Hall–Kier alpha value is -1.21. The van der Waals surface area contributed by atoms with Gasteiger partial charge in [0.2, 0.25) is 0 Å². The van der Waals surface area contributed by atoms with E-state index >= 15 is 0 Å². The third kappa shape index (κ3) is 4.25. The van der Waals surface area contributed by atoms with Crippen LogP contribution in [0.4, 0.5) is 22.0 Å². The number of thioether (sulfide) groups is 1. The van der Waals surface area contributed by atoms with Crippen LogP contribution in [0, 0.1) is 11.3 Å². The van der Waals surface area contributed by atoms with Crippen molar-refractivity contribution in [2.24, 2.45) is 0 Å². The van der Waals surface area contributed by atoms with Crippen molar-refractivity contribution in [3.63, 3.8) is 0 Å². The molecule has 0 saturated carbocycles. The predicted octanol–water partition coefficient (Wildman–Crippen LogP) is 5.95. The fourth-order valence-electron chi connectivity index (χ4n) is 1.70. The highest BCUT2D eigenvalue weighted by atomic mass is 35.5. The second kappa shape index (κ2) is 6.59. The van der Waals surface area contributed by atoms with Crippen LogP contribution in [0.25, 0.3) is 5.69 Å². The van der Waals surface area contributed by atoms with E-state index in [1.807, 2.05) is 0 Å². The number of alkyl halides is 6. The molecule has 0 aliphatic heterocycles. The molecule has 24 heavy (non-hydrogen) atoms. The summed E-state index contributed by atoms with van der Waals surface area (Å²) in [5, 5.41) is 11.8. The molecule has 2 rings (SSSR count). The van der Waals surface area contributed by atoms with Crippen LogP contribution >= 0.6 is 46.6 Å². The SMILES string of the molecule is N#Cc1nn(-c2c(Cl)cc(C(F)(F)F)cc2Cl)cc1SC(F)(F)Cl. The lowest BCUT2D eigenvalue weighted by atomic mass is 10.2. The highest BCUT2D eigenvalue weighted by molar-refractivity contribution is 8.01. The molecule has 0 spiro atoms. The molecule has 0 bridgehead atoms. The molecule has 0 amide bonds. The Morgan fingerprint density at radius 1 is 1.12 bits per heavy atom. The first-order chi connectivity index (χ1) is 10.9. The molecule has 12 heteroatoms. The summed E-state index contributed by atoms with van der Waals surface area (Å²) in [6.07, 6.45) is -3.70. The van der Waals surface area contributed by atoms with E-state index in [-0.39, 0.29) is 22.3 Å². The van der Waals surface area contributed by atoms with Gasteiger partial charge in [0.15, 0.2) is 5.69 Å². The quantitative estimate of drug-likeness (QED) is 0.349. The lowest BCUT2D eigenvalue weighted by Gasteiger charge is -2.12. The molecule has 2 aromatic rings. The predicted molar refractivity (Wildman–Crippen MR) is 80.0 cm³/mol. The molecule has 0 aliphatic rings. The maximum atomic E-state index is 12.9. The summed E-state index contributed by atoms with van der Waals surface area (Å²) in [6, 6.07) is 2.79. The van der Waals surface area contributed by atoms with E-state index in [9.17, 15) is 22.0 Å². The van der Waals surface area contributed by atoms with Crippen molar-refractivity contribution >= 4 is 46.6 Å². The van der Waals surface area contributed by atoms with Crippen molar-refractivity contribution in [2.75, 3.05) is 0 Å². The van der Waals surface area contributed by atoms with E-state index in [2.05, 4.69) is 5.10 Å². The van der Waals surface area contributed by atoms with Crippen LogP contribution in [0.15, 0.2) is 23.2 Å². The van der Waals surface area contributed by atoms with Gasteiger partial charge >= 0.3 is 10.9 Å². The largest absolute Gasteiger partial charge is 0.416 e. The van der Waals surface area contributed by atoms with E-state index in [0.717, 1.165) is 10.9 Å². The zero-order valence-corrected chi connectivity index (χ0v) is 14.1. The third-order valence-corrected chi connectivity index (χ3v) is 4.14. The van der Waals surface area contributed by atoms with Crippen LogP contribution in [0.3, 0.4) is 0 Å². The zero-order chi connectivity index (χ0) is 18.3. The maximum Gasteiger partial charge on any atom is 0.416 e. The number of hydrogen-bond donors (Lipinski definition) is 0. The molecular formula is C12H3Cl3F5N3S. The van der Waals surface area contributed by atoms with Gasteiger partial charge in [0.05, 0.1) is 20.5 Å². The fourth-order valence-corrected chi connectivity index (χ4v) is 3.19. The van der Waals surface area contributed by atoms with Gasteiger partial charge in [-0.3, -0.25) is 0 Å². The monoisotopic (exact) mass is 421 g/mol. The van der Waals surface area contributed by atoms with Crippen LogP contribution in [-0.4, -0.2) is 14.5 Å². The van der Waals surface area contributed by atoms with Crippen molar-refractivity contribution in [1.82, 2.24) is 9.78 Å². The van der Waals surface area contributed by atoms with Gasteiger partial charge in [0.1, 0.15) is 11.8 Å². The lowest BCUT2D eigenvalue weighted by Crippen LogP contribution is -2.07. The number of hydrogen-bond acceptors (Lipinski definition) is 3. The standard InChI is InChI=1S/C12H3Cl3F5N3S/c13-6-1-5(11(16,17)18)2-7(14)10(6)23-4-9(8(3-21)22-23)24-12(15,19)20/h1-2,4H. The van der Waals surface area contributed by atoms with Crippen molar-refractivity contribution in [3.05, 3.63) is 39.6 Å². The molecule has 1 aromatic carbocycles. The van der Waals surface area contributed by atoms with Crippen molar-refractivity contribution in [2.45, 2.75) is 15.8 Å². The van der Waals surface area contributed by atoms with E-state index < -0.39 is 32.2 Å². The Kier molecular flexibility index (Phi) is 5.25. The molecule has 0 fully saturated rings. The van der Waals surface area contributed by atoms with Gasteiger partial charge in [-0.05, 0) is 35.5 Å². The minimum atomic E-state index is -4.67. The molecule has 1 aromatic heterocycles. The van der Waals surface area contributed by atoms with Gasteiger partial charge in [0, 0.05) is 6.20 Å². The average Bonchev–Trinajstić information content (AvgIpc) is 2.77. The molecule has 0 unspecified atom stereocenters. The molecule has 0 saturated heterocycles. The lowest BCUT2D eigenvalue weighted by molar-refractivity contribution is -0.137. The van der Waals surface area contributed by atoms with Gasteiger partial charge in [-0.2, -0.15) is 32.3 Å². The Morgan fingerprint density at radius 3 is 2.08 bits per heavy atom. The Morgan fingerprint density at radius 2 is 1.67 bits per heavy atom. The van der Waals surface area contributed by atoms with Crippen LogP contribution in [0.1, 0.15) is 11.3 Å². The summed E-state index contributed by atoms with van der Waals surface area (Å²) in [6.45, 7) is 0.